The Morgan fingerprint density at radius 1 is 1.50 bits per heavy atom. The molecule has 1 radical (unpaired) electrons. The monoisotopic (exact) mass is 105 g/mol. The average molecular weight is 106 g/mol. The van der Waals surface area contributed by atoms with E-state index in [4.69, 9.17) is 11.6 Å². The number of hydrogen-bond donors (Lipinski definition) is 0. The molecule has 0 aliphatic rings. The van der Waals surface area contributed by atoms with E-state index in [-0.39, 0.29) is 4.87 Å². The van der Waals surface area contributed by atoms with E-state index >= 15 is 0 Å². The molecule has 0 fully saturated rings. The highest BCUT2D eigenvalue weighted by molar-refractivity contribution is 6.24. The Kier molecular flexibility index (Phi) is 1.92. The van der Waals surface area contributed by atoms with E-state index in [1.54, 1.807) is 0 Å². The van der Waals surface area contributed by atoms with E-state index in [0.717, 1.165) is 0 Å². The van der Waals surface area contributed by atoms with Gasteiger partial charge in [-0.2, -0.15) is 0 Å². The summed E-state index contributed by atoms with van der Waals surface area (Å²) in [5.74, 6) is 0. The predicted molar refractivity (Wildman–Crippen MR) is 29.9 cm³/mol. The van der Waals surface area contributed by atoms with Crippen molar-refractivity contribution in [3.63, 3.8) is 0 Å². The first-order valence-corrected chi connectivity index (χ1v) is 2.43. The number of alkyl halides is 1. The maximum absolute atomic E-state index is 5.66. The standard InChI is InChI=1S/C5H10Cl/c1-4-5(2,3)6/h4H,1-3H3. The first-order chi connectivity index (χ1) is 2.56. The summed E-state index contributed by atoms with van der Waals surface area (Å²) in [7, 11) is 0. The molecule has 37 valence electrons. The summed E-state index contributed by atoms with van der Waals surface area (Å²) in [5, 5.41) is 0. The SMILES string of the molecule is C[CH]C(C)(C)Cl. The fourth-order valence-corrected chi connectivity index (χ4v) is 0. The molecule has 0 saturated carbocycles. The summed E-state index contributed by atoms with van der Waals surface area (Å²) in [6.45, 7) is 5.86. The molecule has 0 aromatic rings. The summed E-state index contributed by atoms with van der Waals surface area (Å²) < 4.78 is 0. The van der Waals surface area contributed by atoms with Crippen LogP contribution in [0.4, 0.5) is 0 Å². The fraction of sp³-hybridized carbons (Fsp3) is 0.800. The Labute approximate surface area is 44.5 Å². The average Bonchev–Trinajstić information content (AvgIpc) is 1.35. The number of rotatable bonds is 1. The topological polar surface area (TPSA) is 0 Å². The molecule has 0 spiro atoms. The van der Waals surface area contributed by atoms with Crippen LogP contribution in [0.1, 0.15) is 20.8 Å². The first kappa shape index (κ1) is 6.29. The van der Waals surface area contributed by atoms with Crippen molar-refractivity contribution >= 4 is 11.6 Å². The Balaban J connectivity index is 3.17. The van der Waals surface area contributed by atoms with Crippen molar-refractivity contribution in [1.82, 2.24) is 0 Å². The molecular formula is C5H10Cl. The minimum Gasteiger partial charge on any atom is -0.120 e. The van der Waals surface area contributed by atoms with Gasteiger partial charge in [0.25, 0.3) is 0 Å². The Hall–Kier alpha value is 0.290. The molecule has 0 rings (SSSR count). The summed E-state index contributed by atoms with van der Waals surface area (Å²) in [6.07, 6.45) is 1.95. The lowest BCUT2D eigenvalue weighted by Crippen LogP contribution is -2.06. The predicted octanol–water partition coefficient (Wildman–Crippen LogP) is 2.23. The van der Waals surface area contributed by atoms with Crippen LogP contribution in [-0.4, -0.2) is 4.87 Å². The van der Waals surface area contributed by atoms with Crippen LogP contribution in [0.3, 0.4) is 0 Å². The number of hydrogen-bond acceptors (Lipinski definition) is 0. The molecule has 0 aliphatic carbocycles. The van der Waals surface area contributed by atoms with E-state index < -0.39 is 0 Å². The molecule has 0 aromatic heterocycles. The van der Waals surface area contributed by atoms with Crippen LogP contribution < -0.4 is 0 Å². The third-order valence-electron chi connectivity index (χ3n) is 0.686. The third kappa shape index (κ3) is 4.29. The van der Waals surface area contributed by atoms with Gasteiger partial charge in [-0.3, -0.25) is 0 Å². The maximum Gasteiger partial charge on any atom is 0.0419 e. The molecular weight excluding hydrogens is 95.5 g/mol. The minimum atomic E-state index is -0.111. The van der Waals surface area contributed by atoms with Gasteiger partial charge in [0.15, 0.2) is 0 Å². The summed E-state index contributed by atoms with van der Waals surface area (Å²) in [5.41, 5.74) is 0. The van der Waals surface area contributed by atoms with Crippen LogP contribution in [0.15, 0.2) is 0 Å². The molecule has 0 saturated heterocycles. The zero-order valence-electron chi connectivity index (χ0n) is 4.46. The van der Waals surface area contributed by atoms with Gasteiger partial charge in [0.2, 0.25) is 0 Å². The van der Waals surface area contributed by atoms with Crippen molar-refractivity contribution in [2.45, 2.75) is 25.6 Å². The van der Waals surface area contributed by atoms with Crippen LogP contribution in [0.25, 0.3) is 0 Å². The van der Waals surface area contributed by atoms with Gasteiger partial charge in [-0.05, 0) is 20.3 Å². The minimum absolute atomic E-state index is 0.111. The highest BCUT2D eigenvalue weighted by atomic mass is 35.5. The van der Waals surface area contributed by atoms with Gasteiger partial charge < -0.3 is 0 Å². The molecule has 0 unspecified atom stereocenters. The molecule has 0 amide bonds. The van der Waals surface area contributed by atoms with Gasteiger partial charge in [0, 0.05) is 4.87 Å². The number of halogens is 1. The van der Waals surface area contributed by atoms with Gasteiger partial charge in [0.1, 0.15) is 0 Å². The lowest BCUT2D eigenvalue weighted by atomic mass is 10.1. The van der Waals surface area contributed by atoms with Gasteiger partial charge in [-0.15, -0.1) is 11.6 Å². The van der Waals surface area contributed by atoms with Crippen LogP contribution >= 0.6 is 11.6 Å². The molecule has 1 heteroatoms. The zero-order chi connectivity index (χ0) is 5.21. The summed E-state index contributed by atoms with van der Waals surface area (Å²) in [4.78, 5) is -0.111. The van der Waals surface area contributed by atoms with Crippen molar-refractivity contribution in [3.05, 3.63) is 6.42 Å². The fourth-order valence-electron chi connectivity index (χ4n) is 0. The van der Waals surface area contributed by atoms with E-state index in [1.165, 1.54) is 0 Å². The van der Waals surface area contributed by atoms with Gasteiger partial charge >= 0.3 is 0 Å². The smallest absolute Gasteiger partial charge is 0.0419 e. The highest BCUT2D eigenvalue weighted by Crippen LogP contribution is 2.14. The molecule has 0 atom stereocenters. The van der Waals surface area contributed by atoms with Crippen LogP contribution in [0.5, 0.6) is 0 Å². The Bertz CT molecular complexity index is 33.7. The molecule has 0 aliphatic heterocycles. The van der Waals surface area contributed by atoms with Crippen molar-refractivity contribution < 1.29 is 0 Å². The molecule has 0 N–H and O–H groups in total. The van der Waals surface area contributed by atoms with Crippen molar-refractivity contribution in [2.24, 2.45) is 0 Å². The van der Waals surface area contributed by atoms with Crippen molar-refractivity contribution in [2.75, 3.05) is 0 Å². The molecule has 0 heterocycles. The van der Waals surface area contributed by atoms with Gasteiger partial charge in [0.05, 0.1) is 0 Å². The second kappa shape index (κ2) is 1.83. The van der Waals surface area contributed by atoms with Crippen LogP contribution in [-0.2, 0) is 0 Å². The van der Waals surface area contributed by atoms with E-state index in [1.807, 2.05) is 27.2 Å². The van der Waals surface area contributed by atoms with Crippen molar-refractivity contribution in [1.29, 1.82) is 0 Å². The second-order valence-electron chi connectivity index (χ2n) is 1.85. The maximum atomic E-state index is 5.66. The lowest BCUT2D eigenvalue weighted by molar-refractivity contribution is 0.810. The van der Waals surface area contributed by atoms with E-state index in [9.17, 15) is 0 Å². The third-order valence-corrected chi connectivity index (χ3v) is 0.905. The molecule has 0 aromatic carbocycles. The Morgan fingerprint density at radius 2 is 1.67 bits per heavy atom. The second-order valence-corrected chi connectivity index (χ2v) is 2.83. The first-order valence-electron chi connectivity index (χ1n) is 2.06. The van der Waals surface area contributed by atoms with E-state index in [0.29, 0.717) is 0 Å². The largest absolute Gasteiger partial charge is 0.120 e. The molecule has 0 bridgehead atoms. The highest BCUT2D eigenvalue weighted by Gasteiger charge is 2.07. The summed E-state index contributed by atoms with van der Waals surface area (Å²) >= 11 is 5.66. The van der Waals surface area contributed by atoms with Gasteiger partial charge in [-0.25, -0.2) is 0 Å². The Morgan fingerprint density at radius 3 is 1.67 bits per heavy atom. The normalized spacial score (nSPS) is 12.0. The quantitative estimate of drug-likeness (QED) is 0.449. The molecule has 6 heavy (non-hydrogen) atoms. The zero-order valence-corrected chi connectivity index (χ0v) is 5.21. The van der Waals surface area contributed by atoms with Gasteiger partial charge in [-0.1, -0.05) is 6.92 Å². The van der Waals surface area contributed by atoms with E-state index in [2.05, 4.69) is 0 Å². The van der Waals surface area contributed by atoms with Crippen LogP contribution in [0, 0.1) is 6.42 Å². The summed E-state index contributed by atoms with van der Waals surface area (Å²) in [6, 6.07) is 0. The molecule has 0 nitrogen and oxygen atoms in total. The van der Waals surface area contributed by atoms with Crippen LogP contribution in [0.2, 0.25) is 0 Å². The lowest BCUT2D eigenvalue weighted by Gasteiger charge is -2.08. The van der Waals surface area contributed by atoms with Crippen molar-refractivity contribution in [3.8, 4) is 0 Å².